The van der Waals surface area contributed by atoms with Crippen LogP contribution in [-0.4, -0.2) is 9.97 Å². The predicted octanol–water partition coefficient (Wildman–Crippen LogP) is 12.3. The number of hydrogen-bond donors (Lipinski definition) is 0. The minimum atomic E-state index is 0.717. The highest BCUT2D eigenvalue weighted by molar-refractivity contribution is 7.26. The van der Waals surface area contributed by atoms with Gasteiger partial charge in [-0.2, -0.15) is 0 Å². The maximum Gasteiger partial charge on any atom is 0.160 e. The molecule has 0 amide bonds. The Labute approximate surface area is 277 Å². The first-order valence-corrected chi connectivity index (χ1v) is 16.6. The van der Waals surface area contributed by atoms with Crippen LogP contribution in [0, 0.1) is 0 Å². The van der Waals surface area contributed by atoms with Gasteiger partial charge >= 0.3 is 0 Å². The Morgan fingerprint density at radius 2 is 1.02 bits per heavy atom. The van der Waals surface area contributed by atoms with Crippen molar-refractivity contribution >= 4 is 42.3 Å². The molecule has 0 saturated carbocycles. The summed E-state index contributed by atoms with van der Waals surface area (Å²) in [5.74, 6) is 0.717. The first kappa shape index (κ1) is 27.4. The van der Waals surface area contributed by atoms with Crippen LogP contribution in [-0.2, 0) is 0 Å². The summed E-state index contributed by atoms with van der Waals surface area (Å²) in [6.45, 7) is 0. The summed E-state index contributed by atoms with van der Waals surface area (Å²) in [4.78, 5) is 10.3. The average molecular weight is 617 g/mol. The first-order valence-electron chi connectivity index (χ1n) is 15.8. The molecule has 0 aliphatic carbocycles. The molecule has 7 aromatic carbocycles. The molecule has 9 aromatic rings. The van der Waals surface area contributed by atoms with Gasteiger partial charge in [-0.3, -0.25) is 0 Å². The fourth-order valence-electron chi connectivity index (χ4n) is 6.68. The lowest BCUT2D eigenvalue weighted by Crippen LogP contribution is -1.97. The smallest absolute Gasteiger partial charge is 0.160 e. The Morgan fingerprint density at radius 3 is 1.83 bits per heavy atom. The van der Waals surface area contributed by atoms with Gasteiger partial charge in [-0.25, -0.2) is 9.97 Å². The van der Waals surface area contributed by atoms with Crippen LogP contribution in [0.5, 0.6) is 0 Å². The van der Waals surface area contributed by atoms with Gasteiger partial charge in [-0.15, -0.1) is 11.3 Å². The van der Waals surface area contributed by atoms with Gasteiger partial charge < -0.3 is 0 Å². The molecule has 0 fully saturated rings. The van der Waals surface area contributed by atoms with Crippen molar-refractivity contribution in [2.75, 3.05) is 0 Å². The van der Waals surface area contributed by atoms with Crippen LogP contribution in [0.2, 0.25) is 0 Å². The molecule has 0 atom stereocenters. The van der Waals surface area contributed by atoms with Crippen LogP contribution >= 0.6 is 11.3 Å². The molecule has 0 N–H and O–H groups in total. The molecule has 3 heteroatoms. The van der Waals surface area contributed by atoms with Crippen molar-refractivity contribution < 1.29 is 0 Å². The minimum absolute atomic E-state index is 0.717. The predicted molar refractivity (Wildman–Crippen MR) is 200 cm³/mol. The second kappa shape index (κ2) is 11.5. The van der Waals surface area contributed by atoms with E-state index < -0.39 is 0 Å². The topological polar surface area (TPSA) is 25.8 Å². The standard InChI is InChI=1S/C44H28N2S/c1-3-13-31(14-4-1)38-28-39(46-44(45-38)33-15-5-2-6-16-33)36-26-27-41-43(37-19-9-10-21-40(37)47-41)42(36)32-24-22-30(23-25-32)35-20-11-17-29-12-7-8-18-34(29)35/h1-28H. The van der Waals surface area contributed by atoms with Gasteiger partial charge in [-0.1, -0.05) is 152 Å². The number of rotatable bonds is 5. The largest absolute Gasteiger partial charge is 0.228 e. The molecule has 0 aliphatic heterocycles. The molecule has 0 unspecified atom stereocenters. The van der Waals surface area contributed by atoms with Crippen LogP contribution in [0.3, 0.4) is 0 Å². The number of thiophene rings is 1. The molecule has 2 aromatic heterocycles. The lowest BCUT2D eigenvalue weighted by Gasteiger charge is -2.15. The number of benzene rings is 7. The SMILES string of the molecule is c1ccc(-c2cc(-c3ccc4sc5ccccc5c4c3-c3ccc(-c4cccc5ccccc45)cc3)nc(-c3ccccc3)n2)cc1. The van der Waals surface area contributed by atoms with Crippen molar-refractivity contribution in [1.82, 2.24) is 9.97 Å². The third kappa shape index (κ3) is 4.89. The van der Waals surface area contributed by atoms with Crippen molar-refractivity contribution in [2.45, 2.75) is 0 Å². The molecule has 2 nitrogen and oxygen atoms in total. The summed E-state index contributed by atoms with van der Waals surface area (Å²) >= 11 is 1.84. The first-order chi connectivity index (χ1) is 23.3. The maximum atomic E-state index is 5.25. The molecule has 220 valence electrons. The molecule has 47 heavy (non-hydrogen) atoms. The fraction of sp³-hybridized carbons (Fsp3) is 0. The molecular weight excluding hydrogens is 589 g/mol. The second-order valence-electron chi connectivity index (χ2n) is 11.8. The van der Waals surface area contributed by atoms with Crippen molar-refractivity contribution in [3.05, 3.63) is 170 Å². The lowest BCUT2D eigenvalue weighted by atomic mass is 9.90. The Balaban J connectivity index is 1.29. The Kier molecular flexibility index (Phi) is 6.69. The lowest BCUT2D eigenvalue weighted by molar-refractivity contribution is 1.18. The highest BCUT2D eigenvalue weighted by Crippen LogP contribution is 2.45. The summed E-state index contributed by atoms with van der Waals surface area (Å²) in [5.41, 5.74) is 9.77. The molecule has 0 spiro atoms. The van der Waals surface area contributed by atoms with E-state index in [0.29, 0.717) is 0 Å². The van der Waals surface area contributed by atoms with Gasteiger partial charge in [0.15, 0.2) is 5.82 Å². The zero-order chi connectivity index (χ0) is 31.2. The quantitative estimate of drug-likeness (QED) is 0.192. The van der Waals surface area contributed by atoms with E-state index in [9.17, 15) is 0 Å². The molecule has 0 bridgehead atoms. The van der Waals surface area contributed by atoms with Crippen molar-refractivity contribution in [3.63, 3.8) is 0 Å². The summed E-state index contributed by atoms with van der Waals surface area (Å²) in [6, 6.07) is 60.3. The number of fused-ring (bicyclic) bond motifs is 4. The zero-order valence-electron chi connectivity index (χ0n) is 25.5. The Hall–Kier alpha value is -5.90. The van der Waals surface area contributed by atoms with Crippen LogP contribution in [0.15, 0.2) is 170 Å². The summed E-state index contributed by atoms with van der Waals surface area (Å²) in [7, 11) is 0. The molecule has 0 radical (unpaired) electrons. The van der Waals surface area contributed by atoms with Gasteiger partial charge in [0.1, 0.15) is 0 Å². The highest BCUT2D eigenvalue weighted by Gasteiger charge is 2.19. The third-order valence-corrected chi connectivity index (χ3v) is 10.1. The molecule has 0 aliphatic rings. The average Bonchev–Trinajstić information content (AvgIpc) is 3.54. The van der Waals surface area contributed by atoms with Gasteiger partial charge in [-0.05, 0) is 45.7 Å². The van der Waals surface area contributed by atoms with Crippen molar-refractivity contribution in [2.24, 2.45) is 0 Å². The highest BCUT2D eigenvalue weighted by atomic mass is 32.1. The molecule has 9 rings (SSSR count). The molecule has 0 saturated heterocycles. The van der Waals surface area contributed by atoms with Crippen LogP contribution < -0.4 is 0 Å². The third-order valence-electron chi connectivity index (χ3n) is 8.92. The van der Waals surface area contributed by atoms with E-state index in [0.717, 1.165) is 33.9 Å². The van der Waals surface area contributed by atoms with Crippen LogP contribution in [0.4, 0.5) is 0 Å². The van der Waals surface area contributed by atoms with Gasteiger partial charge in [0.05, 0.1) is 11.4 Å². The normalized spacial score (nSPS) is 11.4. The molecular formula is C44H28N2S. The Bertz CT molecular complexity index is 2490. The van der Waals surface area contributed by atoms with E-state index >= 15 is 0 Å². The molecule has 2 heterocycles. The van der Waals surface area contributed by atoms with Gasteiger partial charge in [0.25, 0.3) is 0 Å². The Morgan fingerprint density at radius 1 is 0.383 bits per heavy atom. The maximum absolute atomic E-state index is 5.25. The number of aromatic nitrogens is 2. The fourth-order valence-corrected chi connectivity index (χ4v) is 7.80. The summed E-state index contributed by atoms with van der Waals surface area (Å²) in [5, 5.41) is 5.04. The number of hydrogen-bond acceptors (Lipinski definition) is 3. The number of nitrogens with zero attached hydrogens (tertiary/aromatic N) is 2. The van der Waals surface area contributed by atoms with E-state index in [4.69, 9.17) is 9.97 Å². The minimum Gasteiger partial charge on any atom is -0.228 e. The summed E-state index contributed by atoms with van der Waals surface area (Å²) < 4.78 is 2.55. The van der Waals surface area contributed by atoms with Crippen molar-refractivity contribution in [1.29, 1.82) is 0 Å². The van der Waals surface area contributed by atoms with E-state index in [1.54, 1.807) is 0 Å². The van der Waals surface area contributed by atoms with E-state index in [-0.39, 0.29) is 0 Å². The van der Waals surface area contributed by atoms with Gasteiger partial charge in [0.2, 0.25) is 0 Å². The van der Waals surface area contributed by atoms with E-state index in [2.05, 4.69) is 146 Å². The van der Waals surface area contributed by atoms with Crippen LogP contribution in [0.25, 0.3) is 87.1 Å². The zero-order valence-corrected chi connectivity index (χ0v) is 26.3. The van der Waals surface area contributed by atoms with E-state index in [1.165, 1.54) is 53.2 Å². The van der Waals surface area contributed by atoms with Gasteiger partial charge in [0, 0.05) is 42.4 Å². The summed E-state index contributed by atoms with van der Waals surface area (Å²) in [6.07, 6.45) is 0. The second-order valence-corrected chi connectivity index (χ2v) is 12.8. The van der Waals surface area contributed by atoms with Crippen molar-refractivity contribution in [3.8, 4) is 56.2 Å². The van der Waals surface area contributed by atoms with Crippen LogP contribution in [0.1, 0.15) is 0 Å². The monoisotopic (exact) mass is 616 g/mol. The van der Waals surface area contributed by atoms with E-state index in [1.807, 2.05) is 35.6 Å².